The minimum atomic E-state index is -1.15. The smallest absolute Gasteiger partial charge is 0.247 e. The molecule has 102 valence electrons. The Morgan fingerprint density at radius 1 is 1.61 bits per heavy atom. The highest BCUT2D eigenvalue weighted by Crippen LogP contribution is 2.23. The third-order valence-electron chi connectivity index (χ3n) is 2.60. The standard InChI is InChI=1S/C12H22N4O2/c1-12(2,3)10-8(7-16(4)15-10)5-14-6-9(17)11(13)18/h7,9,14,17H,5-6H2,1-4H3,(H2,13,18). The van der Waals surface area contributed by atoms with E-state index >= 15 is 0 Å². The van der Waals surface area contributed by atoms with Crippen LogP contribution in [0.2, 0.25) is 0 Å². The van der Waals surface area contributed by atoms with E-state index in [9.17, 15) is 9.90 Å². The minimum Gasteiger partial charge on any atom is -0.382 e. The van der Waals surface area contributed by atoms with Crippen LogP contribution in [-0.4, -0.2) is 33.4 Å². The zero-order chi connectivity index (χ0) is 13.9. The Morgan fingerprint density at radius 2 is 2.22 bits per heavy atom. The number of nitrogens with two attached hydrogens (primary N) is 1. The summed E-state index contributed by atoms with van der Waals surface area (Å²) in [6.07, 6.45) is 0.782. The number of aryl methyl sites for hydroxylation is 1. The molecule has 6 nitrogen and oxygen atoms in total. The van der Waals surface area contributed by atoms with Crippen LogP contribution in [0.25, 0.3) is 0 Å². The Bertz CT molecular complexity index is 420. The molecule has 0 bridgehead atoms. The summed E-state index contributed by atoms with van der Waals surface area (Å²) in [5.41, 5.74) is 6.99. The number of primary amides is 1. The molecule has 0 fully saturated rings. The van der Waals surface area contributed by atoms with Crippen LogP contribution in [0.3, 0.4) is 0 Å². The van der Waals surface area contributed by atoms with E-state index in [-0.39, 0.29) is 12.0 Å². The first-order valence-electron chi connectivity index (χ1n) is 5.93. The monoisotopic (exact) mass is 254 g/mol. The Labute approximate surface area is 107 Å². The number of amides is 1. The maximum absolute atomic E-state index is 10.7. The van der Waals surface area contributed by atoms with E-state index in [0.717, 1.165) is 11.3 Å². The van der Waals surface area contributed by atoms with Crippen molar-refractivity contribution in [3.05, 3.63) is 17.5 Å². The summed E-state index contributed by atoms with van der Waals surface area (Å²) in [5.74, 6) is -0.718. The zero-order valence-electron chi connectivity index (χ0n) is 11.4. The second-order valence-electron chi connectivity index (χ2n) is 5.48. The average molecular weight is 254 g/mol. The van der Waals surface area contributed by atoms with Crippen LogP contribution in [0.15, 0.2) is 6.20 Å². The molecule has 0 radical (unpaired) electrons. The van der Waals surface area contributed by atoms with Gasteiger partial charge in [0.1, 0.15) is 6.10 Å². The third kappa shape index (κ3) is 3.82. The highest BCUT2D eigenvalue weighted by Gasteiger charge is 2.21. The molecule has 18 heavy (non-hydrogen) atoms. The quantitative estimate of drug-likeness (QED) is 0.670. The Balaban J connectivity index is 2.65. The summed E-state index contributed by atoms with van der Waals surface area (Å²) in [5, 5.41) is 16.7. The van der Waals surface area contributed by atoms with Crippen LogP contribution in [0.4, 0.5) is 0 Å². The van der Waals surface area contributed by atoms with Gasteiger partial charge in [-0.2, -0.15) is 5.10 Å². The van der Waals surface area contributed by atoms with Crippen molar-refractivity contribution in [1.29, 1.82) is 0 Å². The fourth-order valence-corrected chi connectivity index (χ4v) is 1.74. The van der Waals surface area contributed by atoms with Gasteiger partial charge in [-0.1, -0.05) is 20.8 Å². The molecule has 6 heteroatoms. The van der Waals surface area contributed by atoms with Crippen molar-refractivity contribution in [3.63, 3.8) is 0 Å². The van der Waals surface area contributed by atoms with Crippen LogP contribution in [0, 0.1) is 0 Å². The SMILES string of the molecule is Cn1cc(CNCC(O)C(N)=O)c(C(C)(C)C)n1. The van der Waals surface area contributed by atoms with E-state index in [1.807, 2.05) is 13.2 Å². The van der Waals surface area contributed by atoms with E-state index in [1.165, 1.54) is 0 Å². The summed E-state index contributed by atoms with van der Waals surface area (Å²) >= 11 is 0. The molecule has 0 aliphatic heterocycles. The Kier molecular flexibility index (Phi) is 4.48. The maximum Gasteiger partial charge on any atom is 0.247 e. The molecule has 0 aliphatic rings. The van der Waals surface area contributed by atoms with E-state index in [1.54, 1.807) is 4.68 Å². The van der Waals surface area contributed by atoms with Crippen molar-refractivity contribution in [2.24, 2.45) is 12.8 Å². The van der Waals surface area contributed by atoms with Crippen LogP contribution in [-0.2, 0) is 23.8 Å². The molecule has 1 amide bonds. The molecule has 0 spiro atoms. The summed E-state index contributed by atoms with van der Waals surface area (Å²) in [7, 11) is 1.87. The molecule has 1 aromatic rings. The van der Waals surface area contributed by atoms with E-state index in [2.05, 4.69) is 31.2 Å². The van der Waals surface area contributed by atoms with Gasteiger partial charge in [0.05, 0.1) is 5.69 Å². The fourth-order valence-electron chi connectivity index (χ4n) is 1.74. The minimum absolute atomic E-state index is 0.0411. The lowest BCUT2D eigenvalue weighted by molar-refractivity contribution is -0.125. The van der Waals surface area contributed by atoms with E-state index in [0.29, 0.717) is 6.54 Å². The second kappa shape index (κ2) is 5.49. The number of aliphatic hydroxyl groups is 1. The molecular weight excluding hydrogens is 232 g/mol. The number of rotatable bonds is 5. The number of hydrogen-bond acceptors (Lipinski definition) is 4. The van der Waals surface area contributed by atoms with Crippen molar-refractivity contribution in [2.75, 3.05) is 6.54 Å². The summed E-state index contributed by atoms with van der Waals surface area (Å²) in [6, 6.07) is 0. The number of aromatic nitrogens is 2. The van der Waals surface area contributed by atoms with Gasteiger partial charge in [-0.25, -0.2) is 0 Å². The number of hydrogen-bond donors (Lipinski definition) is 3. The van der Waals surface area contributed by atoms with E-state index in [4.69, 9.17) is 5.73 Å². The Morgan fingerprint density at radius 3 is 2.72 bits per heavy atom. The van der Waals surface area contributed by atoms with E-state index < -0.39 is 12.0 Å². The number of carbonyl (C=O) groups excluding carboxylic acids is 1. The summed E-state index contributed by atoms with van der Waals surface area (Å²) in [6.45, 7) is 6.98. The average Bonchev–Trinajstić information content (AvgIpc) is 2.59. The molecule has 0 aromatic carbocycles. The lowest BCUT2D eigenvalue weighted by atomic mass is 9.89. The third-order valence-corrected chi connectivity index (χ3v) is 2.60. The molecule has 1 unspecified atom stereocenters. The first-order valence-corrected chi connectivity index (χ1v) is 5.93. The predicted octanol–water partition coefficient (Wildman–Crippen LogP) is -0.347. The molecular formula is C12H22N4O2. The lowest BCUT2D eigenvalue weighted by Gasteiger charge is -2.18. The molecule has 1 atom stereocenters. The van der Waals surface area contributed by atoms with Gasteiger partial charge < -0.3 is 16.2 Å². The lowest BCUT2D eigenvalue weighted by Crippen LogP contribution is -2.37. The normalized spacial score (nSPS) is 13.6. The number of aliphatic hydroxyl groups excluding tert-OH is 1. The zero-order valence-corrected chi connectivity index (χ0v) is 11.4. The molecule has 1 heterocycles. The van der Waals surface area contributed by atoms with Gasteiger partial charge in [-0.3, -0.25) is 9.48 Å². The molecule has 0 saturated heterocycles. The summed E-state index contributed by atoms with van der Waals surface area (Å²) < 4.78 is 1.77. The maximum atomic E-state index is 10.7. The van der Waals surface area contributed by atoms with Crippen molar-refractivity contribution < 1.29 is 9.90 Å². The van der Waals surface area contributed by atoms with Gasteiger partial charge >= 0.3 is 0 Å². The van der Waals surface area contributed by atoms with Crippen LogP contribution in [0.5, 0.6) is 0 Å². The van der Waals surface area contributed by atoms with Crippen LogP contribution in [0.1, 0.15) is 32.0 Å². The second-order valence-corrected chi connectivity index (χ2v) is 5.48. The topological polar surface area (TPSA) is 93.2 Å². The molecule has 4 N–H and O–H groups in total. The van der Waals surface area contributed by atoms with Crippen molar-refractivity contribution in [2.45, 2.75) is 38.8 Å². The van der Waals surface area contributed by atoms with Gasteiger partial charge in [-0.15, -0.1) is 0 Å². The first-order chi connectivity index (χ1) is 8.21. The van der Waals surface area contributed by atoms with Crippen LogP contribution < -0.4 is 11.1 Å². The van der Waals surface area contributed by atoms with Crippen molar-refractivity contribution in [1.82, 2.24) is 15.1 Å². The van der Waals surface area contributed by atoms with Gasteiger partial charge in [0.2, 0.25) is 5.91 Å². The van der Waals surface area contributed by atoms with Crippen LogP contribution >= 0.6 is 0 Å². The fraction of sp³-hybridized carbons (Fsp3) is 0.667. The van der Waals surface area contributed by atoms with Crippen molar-refractivity contribution in [3.8, 4) is 0 Å². The molecule has 0 saturated carbocycles. The summed E-state index contributed by atoms with van der Waals surface area (Å²) in [4.78, 5) is 10.7. The molecule has 1 aromatic heterocycles. The number of nitrogens with zero attached hydrogens (tertiary/aromatic N) is 2. The predicted molar refractivity (Wildman–Crippen MR) is 68.8 cm³/mol. The van der Waals surface area contributed by atoms with Gasteiger partial charge in [0.15, 0.2) is 0 Å². The highest BCUT2D eigenvalue weighted by molar-refractivity contribution is 5.78. The van der Waals surface area contributed by atoms with Gasteiger partial charge in [-0.05, 0) is 0 Å². The Hall–Kier alpha value is -1.40. The molecule has 0 aliphatic carbocycles. The van der Waals surface area contributed by atoms with Crippen molar-refractivity contribution >= 4 is 5.91 Å². The largest absolute Gasteiger partial charge is 0.382 e. The highest BCUT2D eigenvalue weighted by atomic mass is 16.3. The number of carbonyl (C=O) groups is 1. The number of nitrogens with one attached hydrogen (secondary N) is 1. The first kappa shape index (κ1) is 14.7. The van der Waals surface area contributed by atoms with Gasteiger partial charge in [0, 0.05) is 37.3 Å². The van der Waals surface area contributed by atoms with Gasteiger partial charge in [0.25, 0.3) is 0 Å². The molecule has 1 rings (SSSR count).